The lowest BCUT2D eigenvalue weighted by molar-refractivity contribution is -0.141. The average molecular weight is 320 g/mol. The summed E-state index contributed by atoms with van der Waals surface area (Å²) in [6.07, 6.45) is 5.61. The third-order valence-corrected chi connectivity index (χ3v) is 4.32. The van der Waals surface area contributed by atoms with Crippen LogP contribution in [0.25, 0.3) is 0 Å². The molecule has 1 aliphatic rings. The van der Waals surface area contributed by atoms with Gasteiger partial charge in [-0.05, 0) is 32.1 Å². The number of ether oxygens (including phenoxy) is 2. The number of ketones is 1. The van der Waals surface area contributed by atoms with Crippen LogP contribution in [0.4, 0.5) is 0 Å². The van der Waals surface area contributed by atoms with Crippen molar-refractivity contribution in [2.45, 2.75) is 51.9 Å². The largest absolute Gasteiger partial charge is 0.480 e. The van der Waals surface area contributed by atoms with Crippen molar-refractivity contribution in [3.05, 3.63) is 12.1 Å². The number of hydrogen-bond acceptors (Lipinski definition) is 6. The molecule has 126 valence electrons. The fraction of sp³-hybridized carbons (Fsp3) is 0.647. The van der Waals surface area contributed by atoms with Gasteiger partial charge in [0.05, 0.1) is 13.0 Å². The Balaban J connectivity index is 1.79. The Morgan fingerprint density at radius 1 is 1.09 bits per heavy atom. The van der Waals surface area contributed by atoms with E-state index in [4.69, 9.17) is 9.47 Å². The highest BCUT2D eigenvalue weighted by Gasteiger charge is 2.30. The van der Waals surface area contributed by atoms with Crippen molar-refractivity contribution in [2.24, 2.45) is 11.8 Å². The molecule has 1 aliphatic carbocycles. The topological polar surface area (TPSA) is 78.4 Å². The zero-order valence-electron chi connectivity index (χ0n) is 13.8. The van der Waals surface area contributed by atoms with E-state index in [0.717, 1.165) is 25.7 Å². The van der Waals surface area contributed by atoms with E-state index >= 15 is 0 Å². The van der Waals surface area contributed by atoms with E-state index in [2.05, 4.69) is 17.1 Å². The molecule has 0 N–H and O–H groups in total. The first-order chi connectivity index (χ1) is 11.1. The fourth-order valence-corrected chi connectivity index (χ4v) is 2.86. The maximum absolute atomic E-state index is 12.2. The number of nitrogens with zero attached hydrogens (tertiary/aromatic N) is 2. The van der Waals surface area contributed by atoms with Gasteiger partial charge in [-0.15, -0.1) is 10.2 Å². The predicted molar refractivity (Wildman–Crippen MR) is 84.2 cm³/mol. The van der Waals surface area contributed by atoms with E-state index in [1.807, 2.05) is 0 Å². The van der Waals surface area contributed by atoms with Gasteiger partial charge in [-0.3, -0.25) is 9.59 Å². The average Bonchev–Trinajstić information content (AvgIpc) is 2.60. The summed E-state index contributed by atoms with van der Waals surface area (Å²) in [5.74, 6) is 0.567. The summed E-state index contributed by atoms with van der Waals surface area (Å²) < 4.78 is 10.2. The number of carbonyl (C=O) groups excluding carboxylic acids is 2. The highest BCUT2D eigenvalue weighted by atomic mass is 16.5. The summed E-state index contributed by atoms with van der Waals surface area (Å²) in [7, 11) is 1.50. The molecule has 1 heterocycles. The number of hydrogen-bond donors (Lipinski definition) is 0. The maximum Gasteiger partial charge on any atom is 0.315 e. The molecule has 1 saturated carbocycles. The Hall–Kier alpha value is -1.98. The number of esters is 1. The van der Waals surface area contributed by atoms with E-state index in [9.17, 15) is 9.59 Å². The van der Waals surface area contributed by atoms with Gasteiger partial charge in [0.15, 0.2) is 0 Å². The molecule has 6 heteroatoms. The summed E-state index contributed by atoms with van der Waals surface area (Å²) in [5, 5.41) is 7.55. The summed E-state index contributed by atoms with van der Waals surface area (Å²) in [4.78, 5) is 24.2. The monoisotopic (exact) mass is 320 g/mol. The Morgan fingerprint density at radius 2 is 1.70 bits per heavy atom. The molecule has 0 atom stereocenters. The van der Waals surface area contributed by atoms with Crippen LogP contribution in [0.3, 0.4) is 0 Å². The van der Waals surface area contributed by atoms with Gasteiger partial charge in [-0.25, -0.2) is 0 Å². The molecule has 0 unspecified atom stereocenters. The highest BCUT2D eigenvalue weighted by molar-refractivity contribution is 5.81. The Bertz CT molecular complexity index is 522. The van der Waals surface area contributed by atoms with Crippen molar-refractivity contribution >= 4 is 11.8 Å². The minimum Gasteiger partial charge on any atom is -0.480 e. The van der Waals surface area contributed by atoms with Crippen molar-refractivity contribution in [2.75, 3.05) is 7.11 Å². The van der Waals surface area contributed by atoms with Gasteiger partial charge < -0.3 is 9.47 Å². The molecular weight excluding hydrogens is 296 g/mol. The van der Waals surface area contributed by atoms with Crippen LogP contribution in [0, 0.1) is 11.8 Å². The van der Waals surface area contributed by atoms with Crippen LogP contribution in [0.2, 0.25) is 0 Å². The third-order valence-electron chi connectivity index (χ3n) is 4.32. The smallest absolute Gasteiger partial charge is 0.315 e. The van der Waals surface area contributed by atoms with Crippen molar-refractivity contribution in [1.82, 2.24) is 10.2 Å². The third kappa shape index (κ3) is 5.01. The van der Waals surface area contributed by atoms with E-state index in [1.54, 1.807) is 12.1 Å². The number of carbonyl (C=O) groups is 2. The summed E-state index contributed by atoms with van der Waals surface area (Å²) >= 11 is 0. The summed E-state index contributed by atoms with van der Waals surface area (Å²) in [6.45, 7) is 2.09. The Labute approximate surface area is 136 Å². The quantitative estimate of drug-likeness (QED) is 0.719. The molecule has 6 nitrogen and oxygen atoms in total. The van der Waals surface area contributed by atoms with Crippen LogP contribution in [0.1, 0.15) is 51.9 Å². The molecule has 0 radical (unpaired) electrons. The molecule has 2 rings (SSSR count). The Morgan fingerprint density at radius 3 is 2.26 bits per heavy atom. The molecule has 0 aromatic carbocycles. The first kappa shape index (κ1) is 17.4. The number of methoxy groups -OCH3 is 1. The predicted octanol–water partition coefficient (Wildman–Crippen LogP) is 2.96. The van der Waals surface area contributed by atoms with Crippen molar-refractivity contribution in [1.29, 1.82) is 0 Å². The molecule has 0 bridgehead atoms. The van der Waals surface area contributed by atoms with Gasteiger partial charge in [0.1, 0.15) is 5.78 Å². The molecule has 1 aromatic heterocycles. The van der Waals surface area contributed by atoms with Crippen LogP contribution in [0.5, 0.6) is 11.8 Å². The highest BCUT2D eigenvalue weighted by Crippen LogP contribution is 2.31. The second-order valence-corrected chi connectivity index (χ2v) is 5.95. The maximum atomic E-state index is 12.2. The van der Waals surface area contributed by atoms with Crippen molar-refractivity contribution in [3.63, 3.8) is 0 Å². The number of Topliss-reactive ketones (excluding diaryl/α,β-unsaturated/α-hetero) is 1. The summed E-state index contributed by atoms with van der Waals surface area (Å²) in [5.41, 5.74) is 0. The van der Waals surface area contributed by atoms with Crippen LogP contribution >= 0.6 is 0 Å². The second-order valence-electron chi connectivity index (χ2n) is 5.95. The standard InChI is InChI=1S/C17H24N2O4/c1-3-4-5-14(20)12-6-8-13(9-7-12)17(21)23-16-11-10-15(22-2)18-19-16/h10-13H,3-9H2,1-2H3/t12-,13-. The molecule has 0 spiro atoms. The molecule has 0 saturated heterocycles. The van der Waals surface area contributed by atoms with E-state index in [-0.39, 0.29) is 23.7 Å². The number of unbranched alkanes of at least 4 members (excludes halogenated alkanes) is 1. The van der Waals surface area contributed by atoms with Crippen LogP contribution in [-0.4, -0.2) is 29.1 Å². The van der Waals surface area contributed by atoms with E-state index in [0.29, 0.717) is 30.9 Å². The molecule has 23 heavy (non-hydrogen) atoms. The summed E-state index contributed by atoms with van der Waals surface area (Å²) in [6, 6.07) is 3.16. The van der Waals surface area contributed by atoms with Gasteiger partial charge in [0, 0.05) is 24.5 Å². The molecule has 0 aliphatic heterocycles. The van der Waals surface area contributed by atoms with Gasteiger partial charge in [0.25, 0.3) is 0 Å². The van der Waals surface area contributed by atoms with Gasteiger partial charge in [0.2, 0.25) is 11.8 Å². The van der Waals surface area contributed by atoms with Crippen molar-refractivity contribution < 1.29 is 19.1 Å². The van der Waals surface area contributed by atoms with Gasteiger partial charge in [-0.2, -0.15) is 0 Å². The second kappa shape index (κ2) is 8.60. The first-order valence-corrected chi connectivity index (χ1v) is 8.26. The number of aromatic nitrogens is 2. The van der Waals surface area contributed by atoms with Crippen molar-refractivity contribution in [3.8, 4) is 11.8 Å². The lowest BCUT2D eigenvalue weighted by Crippen LogP contribution is -2.28. The molecule has 1 aromatic rings. The van der Waals surface area contributed by atoms with Crippen LogP contribution < -0.4 is 9.47 Å². The normalized spacial score (nSPS) is 20.8. The molecule has 1 fully saturated rings. The minimum atomic E-state index is -0.288. The van der Waals surface area contributed by atoms with Crippen LogP contribution in [-0.2, 0) is 9.59 Å². The van der Waals surface area contributed by atoms with E-state index in [1.165, 1.54) is 7.11 Å². The fourth-order valence-electron chi connectivity index (χ4n) is 2.86. The Kier molecular flexibility index (Phi) is 6.50. The number of rotatable bonds is 7. The van der Waals surface area contributed by atoms with Crippen LogP contribution in [0.15, 0.2) is 12.1 Å². The molecule has 0 amide bonds. The molecular formula is C17H24N2O4. The van der Waals surface area contributed by atoms with Gasteiger partial charge >= 0.3 is 5.97 Å². The lowest BCUT2D eigenvalue weighted by Gasteiger charge is -2.26. The SMILES string of the molecule is CCCCC(=O)[C@H]1CC[C@H](C(=O)Oc2ccc(OC)nn2)CC1. The minimum absolute atomic E-state index is 0.117. The zero-order chi connectivity index (χ0) is 16.7. The lowest BCUT2D eigenvalue weighted by atomic mass is 9.79. The van der Waals surface area contributed by atoms with Gasteiger partial charge in [-0.1, -0.05) is 13.3 Å². The first-order valence-electron chi connectivity index (χ1n) is 8.26. The van der Waals surface area contributed by atoms with E-state index < -0.39 is 0 Å². The zero-order valence-corrected chi connectivity index (χ0v) is 13.8.